The molecule has 0 aliphatic carbocycles. The summed E-state index contributed by atoms with van der Waals surface area (Å²) in [6.07, 6.45) is 2.30. The van der Waals surface area contributed by atoms with Gasteiger partial charge in [0, 0.05) is 17.8 Å². The summed E-state index contributed by atoms with van der Waals surface area (Å²) in [5, 5.41) is 23.0. The standard InChI is InChI=1S/C24H29N3O5S/c1-33-13-11-24(25,22(29)30)21(28)19-10-9-17(14-20(19)16-6-3-2-4-7-16)27(23(31)32)18-8-5-12-26-15-18/h2-4,6-7,9-10,14,18,26H,5,8,11-13,15,25H2,1H3,(H,29,30)(H,31,32). The number of carbonyl (C=O) groups is 3. The summed E-state index contributed by atoms with van der Waals surface area (Å²) in [6.45, 7) is 1.38. The van der Waals surface area contributed by atoms with Gasteiger partial charge in [0.25, 0.3) is 0 Å². The molecule has 1 aliphatic heterocycles. The zero-order valence-corrected chi connectivity index (χ0v) is 19.3. The number of hydrogen-bond donors (Lipinski definition) is 4. The van der Waals surface area contributed by atoms with Crippen LogP contribution in [0.3, 0.4) is 0 Å². The van der Waals surface area contributed by atoms with Gasteiger partial charge in [-0.15, -0.1) is 0 Å². The van der Waals surface area contributed by atoms with Crippen LogP contribution in [0.15, 0.2) is 48.5 Å². The molecule has 2 aromatic carbocycles. The summed E-state index contributed by atoms with van der Waals surface area (Å²) >= 11 is 1.41. The van der Waals surface area contributed by atoms with Crippen LogP contribution in [0.2, 0.25) is 0 Å². The Morgan fingerprint density at radius 3 is 2.48 bits per heavy atom. The SMILES string of the molecule is CSCCC(N)(C(=O)O)C(=O)c1ccc(N(C(=O)O)C2CCCNC2)cc1-c1ccccc1. The van der Waals surface area contributed by atoms with E-state index in [9.17, 15) is 24.6 Å². The molecule has 0 radical (unpaired) electrons. The highest BCUT2D eigenvalue weighted by Crippen LogP contribution is 2.33. The van der Waals surface area contributed by atoms with Crippen LogP contribution < -0.4 is 16.0 Å². The molecular formula is C24H29N3O5S. The molecule has 1 amide bonds. The average molecular weight is 472 g/mol. The monoisotopic (exact) mass is 471 g/mol. The van der Waals surface area contributed by atoms with Gasteiger partial charge in [0.1, 0.15) is 0 Å². The van der Waals surface area contributed by atoms with Crippen molar-refractivity contribution in [2.75, 3.05) is 30.0 Å². The molecule has 0 spiro atoms. The Morgan fingerprint density at radius 1 is 1.18 bits per heavy atom. The summed E-state index contributed by atoms with van der Waals surface area (Å²) in [5.74, 6) is -1.67. The minimum atomic E-state index is -2.08. The zero-order valence-electron chi connectivity index (χ0n) is 18.5. The number of aliphatic carboxylic acids is 1. The molecule has 5 N–H and O–H groups in total. The highest BCUT2D eigenvalue weighted by atomic mass is 32.2. The average Bonchev–Trinajstić information content (AvgIpc) is 2.83. The number of amides is 1. The quantitative estimate of drug-likeness (QED) is 0.323. The van der Waals surface area contributed by atoms with E-state index < -0.39 is 23.4 Å². The Morgan fingerprint density at radius 2 is 1.91 bits per heavy atom. The van der Waals surface area contributed by atoms with Gasteiger partial charge in [0.05, 0.1) is 6.04 Å². The fourth-order valence-electron chi connectivity index (χ4n) is 4.09. The van der Waals surface area contributed by atoms with Gasteiger partial charge < -0.3 is 21.3 Å². The molecule has 3 rings (SSSR count). The van der Waals surface area contributed by atoms with Crippen molar-refractivity contribution in [3.8, 4) is 11.1 Å². The zero-order chi connectivity index (χ0) is 24.0. The molecule has 2 aromatic rings. The number of carboxylic acid groups (broad SMARTS) is 2. The Kier molecular flexibility index (Phi) is 8.12. The molecule has 9 heteroatoms. The molecule has 33 heavy (non-hydrogen) atoms. The summed E-state index contributed by atoms with van der Waals surface area (Å²) in [5.41, 5.74) is 5.77. The lowest BCUT2D eigenvalue weighted by Crippen LogP contribution is -2.55. The number of carboxylic acids is 1. The van der Waals surface area contributed by atoms with Crippen molar-refractivity contribution >= 4 is 35.3 Å². The van der Waals surface area contributed by atoms with E-state index in [1.54, 1.807) is 36.4 Å². The van der Waals surface area contributed by atoms with Gasteiger partial charge in [0.2, 0.25) is 0 Å². The fourth-order valence-corrected chi connectivity index (χ4v) is 4.61. The largest absolute Gasteiger partial charge is 0.480 e. The first kappa shape index (κ1) is 24.8. The third-order valence-electron chi connectivity index (χ3n) is 5.94. The highest BCUT2D eigenvalue weighted by molar-refractivity contribution is 7.98. The van der Waals surface area contributed by atoms with Crippen molar-refractivity contribution in [2.45, 2.75) is 30.8 Å². The van der Waals surface area contributed by atoms with Gasteiger partial charge in [0.15, 0.2) is 11.3 Å². The van der Waals surface area contributed by atoms with Crippen molar-refractivity contribution < 1.29 is 24.6 Å². The van der Waals surface area contributed by atoms with E-state index >= 15 is 0 Å². The van der Waals surface area contributed by atoms with Gasteiger partial charge in [-0.2, -0.15) is 11.8 Å². The second kappa shape index (κ2) is 10.8. The Labute approximate surface area is 197 Å². The Hall–Kier alpha value is -2.88. The lowest BCUT2D eigenvalue weighted by Gasteiger charge is -2.33. The van der Waals surface area contributed by atoms with Crippen LogP contribution >= 0.6 is 11.8 Å². The summed E-state index contributed by atoms with van der Waals surface area (Å²) < 4.78 is 0. The number of nitrogens with zero attached hydrogens (tertiary/aromatic N) is 1. The van der Waals surface area contributed by atoms with E-state index in [4.69, 9.17) is 5.73 Å². The van der Waals surface area contributed by atoms with Crippen molar-refractivity contribution in [1.29, 1.82) is 0 Å². The lowest BCUT2D eigenvalue weighted by atomic mass is 9.84. The van der Waals surface area contributed by atoms with E-state index in [0.717, 1.165) is 19.4 Å². The number of ketones is 1. The molecule has 0 saturated carbocycles. The number of carbonyl (C=O) groups excluding carboxylic acids is 1. The number of Topliss-reactive ketones (excluding diaryl/α,β-unsaturated/α-hetero) is 1. The number of hydrogen-bond acceptors (Lipinski definition) is 6. The first-order chi connectivity index (χ1) is 15.8. The first-order valence-corrected chi connectivity index (χ1v) is 12.2. The van der Waals surface area contributed by atoms with E-state index in [0.29, 0.717) is 29.1 Å². The minimum Gasteiger partial charge on any atom is -0.480 e. The van der Waals surface area contributed by atoms with Crippen molar-refractivity contribution in [3.63, 3.8) is 0 Å². The number of piperidine rings is 1. The molecule has 8 nitrogen and oxygen atoms in total. The molecule has 176 valence electrons. The van der Waals surface area contributed by atoms with Gasteiger partial charge in [-0.3, -0.25) is 9.69 Å². The van der Waals surface area contributed by atoms with Gasteiger partial charge in [-0.1, -0.05) is 30.3 Å². The van der Waals surface area contributed by atoms with Crippen LogP contribution in [0.25, 0.3) is 11.1 Å². The molecule has 2 unspecified atom stereocenters. The number of rotatable bonds is 9. The molecule has 0 bridgehead atoms. The van der Waals surface area contributed by atoms with Crippen LogP contribution in [0.1, 0.15) is 29.6 Å². The maximum absolute atomic E-state index is 13.5. The van der Waals surface area contributed by atoms with Crippen molar-refractivity contribution in [1.82, 2.24) is 5.32 Å². The summed E-state index contributed by atoms with van der Waals surface area (Å²) in [4.78, 5) is 39.0. The van der Waals surface area contributed by atoms with Gasteiger partial charge in [-0.25, -0.2) is 9.59 Å². The molecule has 0 aromatic heterocycles. The van der Waals surface area contributed by atoms with Crippen molar-refractivity contribution in [3.05, 3.63) is 54.1 Å². The maximum Gasteiger partial charge on any atom is 0.412 e. The summed E-state index contributed by atoms with van der Waals surface area (Å²) in [6, 6.07) is 13.5. The predicted molar refractivity (Wildman–Crippen MR) is 130 cm³/mol. The number of benzene rings is 2. The molecular weight excluding hydrogens is 442 g/mol. The molecule has 1 aliphatic rings. The Balaban J connectivity index is 2.12. The predicted octanol–water partition coefficient (Wildman–Crippen LogP) is 3.31. The number of anilines is 1. The summed E-state index contributed by atoms with van der Waals surface area (Å²) in [7, 11) is 0. The second-order valence-electron chi connectivity index (χ2n) is 8.10. The smallest absolute Gasteiger partial charge is 0.412 e. The van der Waals surface area contributed by atoms with Gasteiger partial charge in [-0.05, 0) is 67.1 Å². The molecule has 1 fully saturated rings. The first-order valence-electron chi connectivity index (χ1n) is 10.8. The Bertz CT molecular complexity index is 1010. The maximum atomic E-state index is 13.5. The van der Waals surface area contributed by atoms with Crippen LogP contribution in [-0.4, -0.2) is 64.7 Å². The number of nitrogens with two attached hydrogens (primary N) is 1. The minimum absolute atomic E-state index is 0.0205. The van der Waals surface area contributed by atoms with Crippen LogP contribution in [-0.2, 0) is 4.79 Å². The van der Waals surface area contributed by atoms with E-state index in [1.807, 2.05) is 12.3 Å². The fraction of sp³-hybridized carbons (Fsp3) is 0.375. The van der Waals surface area contributed by atoms with E-state index in [2.05, 4.69) is 5.32 Å². The highest BCUT2D eigenvalue weighted by Gasteiger charge is 2.43. The topological polar surface area (TPSA) is 133 Å². The van der Waals surface area contributed by atoms with E-state index in [1.165, 1.54) is 22.7 Å². The second-order valence-corrected chi connectivity index (χ2v) is 9.08. The number of thioether (sulfide) groups is 1. The van der Waals surface area contributed by atoms with Crippen molar-refractivity contribution in [2.24, 2.45) is 5.73 Å². The normalized spacial score (nSPS) is 17.7. The van der Waals surface area contributed by atoms with E-state index in [-0.39, 0.29) is 18.0 Å². The van der Waals surface area contributed by atoms with Crippen LogP contribution in [0.4, 0.5) is 10.5 Å². The number of nitrogens with one attached hydrogen (secondary N) is 1. The van der Waals surface area contributed by atoms with Crippen LogP contribution in [0, 0.1) is 0 Å². The van der Waals surface area contributed by atoms with Gasteiger partial charge >= 0.3 is 12.1 Å². The molecule has 1 saturated heterocycles. The molecule has 1 heterocycles. The third-order valence-corrected chi connectivity index (χ3v) is 6.55. The van der Waals surface area contributed by atoms with Crippen LogP contribution in [0.5, 0.6) is 0 Å². The third kappa shape index (κ3) is 5.38. The lowest BCUT2D eigenvalue weighted by molar-refractivity contribution is -0.141. The molecule has 2 atom stereocenters.